The van der Waals surface area contributed by atoms with E-state index in [1.54, 1.807) is 0 Å². The standard InChI is InChI=1S/C13H18INO/c1-10-4-2-5-11(13(10)14)8-15-9-12-6-3-7-16-12/h2,4-5,12,15H,3,6-9H2,1H3. The number of nitrogens with one attached hydrogen (secondary N) is 1. The van der Waals surface area contributed by atoms with Gasteiger partial charge in [-0.2, -0.15) is 0 Å². The normalized spacial score (nSPS) is 20.2. The van der Waals surface area contributed by atoms with Gasteiger partial charge in [0.05, 0.1) is 6.10 Å². The van der Waals surface area contributed by atoms with Gasteiger partial charge in [0.15, 0.2) is 0 Å². The van der Waals surface area contributed by atoms with E-state index >= 15 is 0 Å². The third-order valence-corrected chi connectivity index (χ3v) is 4.53. The summed E-state index contributed by atoms with van der Waals surface area (Å²) in [5.74, 6) is 0. The highest BCUT2D eigenvalue weighted by Gasteiger charge is 2.14. The van der Waals surface area contributed by atoms with Crippen LogP contribution in [0.4, 0.5) is 0 Å². The largest absolute Gasteiger partial charge is 0.377 e. The Morgan fingerprint density at radius 3 is 3.12 bits per heavy atom. The maximum absolute atomic E-state index is 5.58. The van der Waals surface area contributed by atoms with Gasteiger partial charge < -0.3 is 10.1 Å². The molecule has 0 aliphatic carbocycles. The molecule has 2 nitrogen and oxygen atoms in total. The molecule has 1 heterocycles. The van der Waals surface area contributed by atoms with E-state index in [-0.39, 0.29) is 0 Å². The lowest BCUT2D eigenvalue weighted by molar-refractivity contribution is 0.110. The Hall–Kier alpha value is -0.130. The molecule has 1 aliphatic heterocycles. The Morgan fingerprint density at radius 2 is 2.38 bits per heavy atom. The second-order valence-corrected chi connectivity index (χ2v) is 5.39. The van der Waals surface area contributed by atoms with E-state index in [4.69, 9.17) is 4.74 Å². The maximum atomic E-state index is 5.58. The fourth-order valence-corrected chi connectivity index (χ4v) is 2.57. The van der Waals surface area contributed by atoms with Gasteiger partial charge in [0, 0.05) is 23.3 Å². The molecule has 0 amide bonds. The summed E-state index contributed by atoms with van der Waals surface area (Å²) in [7, 11) is 0. The van der Waals surface area contributed by atoms with Crippen molar-refractivity contribution in [2.45, 2.75) is 32.4 Å². The van der Waals surface area contributed by atoms with Gasteiger partial charge in [0.25, 0.3) is 0 Å². The molecule has 16 heavy (non-hydrogen) atoms. The smallest absolute Gasteiger partial charge is 0.0700 e. The molecule has 1 aromatic carbocycles. The van der Waals surface area contributed by atoms with Gasteiger partial charge in [-0.1, -0.05) is 18.2 Å². The fourth-order valence-electron chi connectivity index (χ4n) is 2.02. The highest BCUT2D eigenvalue weighted by atomic mass is 127. The summed E-state index contributed by atoms with van der Waals surface area (Å²) in [5, 5.41) is 3.48. The van der Waals surface area contributed by atoms with E-state index in [0.717, 1.165) is 19.7 Å². The molecular formula is C13H18INO. The van der Waals surface area contributed by atoms with Crippen LogP contribution in [0.5, 0.6) is 0 Å². The zero-order valence-electron chi connectivity index (χ0n) is 9.63. The van der Waals surface area contributed by atoms with Crippen LogP contribution in [0.2, 0.25) is 0 Å². The molecule has 0 radical (unpaired) electrons. The Balaban J connectivity index is 1.82. The molecule has 1 fully saturated rings. The van der Waals surface area contributed by atoms with Crippen molar-refractivity contribution in [2.75, 3.05) is 13.2 Å². The Bertz CT molecular complexity index is 348. The molecule has 1 aliphatic rings. The minimum absolute atomic E-state index is 0.433. The second-order valence-electron chi connectivity index (χ2n) is 4.31. The van der Waals surface area contributed by atoms with E-state index in [2.05, 4.69) is 53.0 Å². The van der Waals surface area contributed by atoms with Crippen molar-refractivity contribution in [2.24, 2.45) is 0 Å². The first-order chi connectivity index (χ1) is 7.77. The first kappa shape index (κ1) is 12.3. The molecule has 1 N–H and O–H groups in total. The second kappa shape index (κ2) is 5.98. The van der Waals surface area contributed by atoms with Crippen molar-refractivity contribution in [1.82, 2.24) is 5.32 Å². The van der Waals surface area contributed by atoms with Crippen molar-refractivity contribution in [3.63, 3.8) is 0 Å². The van der Waals surface area contributed by atoms with Crippen molar-refractivity contribution in [1.29, 1.82) is 0 Å². The zero-order valence-corrected chi connectivity index (χ0v) is 11.8. The number of rotatable bonds is 4. The van der Waals surface area contributed by atoms with E-state index in [9.17, 15) is 0 Å². The van der Waals surface area contributed by atoms with Crippen molar-refractivity contribution in [3.05, 3.63) is 32.9 Å². The number of aryl methyl sites for hydroxylation is 1. The van der Waals surface area contributed by atoms with Crippen molar-refractivity contribution < 1.29 is 4.74 Å². The predicted molar refractivity (Wildman–Crippen MR) is 74.6 cm³/mol. The summed E-state index contributed by atoms with van der Waals surface area (Å²) >= 11 is 2.42. The quantitative estimate of drug-likeness (QED) is 0.857. The van der Waals surface area contributed by atoms with E-state index < -0.39 is 0 Å². The van der Waals surface area contributed by atoms with Crippen LogP contribution in [0.3, 0.4) is 0 Å². The van der Waals surface area contributed by atoms with Gasteiger partial charge in [0.1, 0.15) is 0 Å². The predicted octanol–water partition coefficient (Wildman–Crippen LogP) is 2.87. The molecule has 1 saturated heterocycles. The minimum Gasteiger partial charge on any atom is -0.377 e. The summed E-state index contributed by atoms with van der Waals surface area (Å²) in [5.41, 5.74) is 2.75. The molecule has 1 aromatic rings. The third kappa shape index (κ3) is 3.18. The summed E-state index contributed by atoms with van der Waals surface area (Å²) in [6, 6.07) is 6.48. The molecule has 2 rings (SSSR count). The van der Waals surface area contributed by atoms with Crippen molar-refractivity contribution >= 4 is 22.6 Å². The molecule has 1 atom stereocenters. The first-order valence-corrected chi connectivity index (χ1v) is 6.91. The van der Waals surface area contributed by atoms with Crippen LogP contribution >= 0.6 is 22.6 Å². The molecule has 0 saturated carbocycles. The number of halogens is 1. The first-order valence-electron chi connectivity index (χ1n) is 5.83. The topological polar surface area (TPSA) is 21.3 Å². The highest BCUT2D eigenvalue weighted by molar-refractivity contribution is 14.1. The molecule has 0 aromatic heterocycles. The minimum atomic E-state index is 0.433. The van der Waals surface area contributed by atoms with Crippen LogP contribution in [0, 0.1) is 10.5 Å². The zero-order chi connectivity index (χ0) is 11.4. The number of hydrogen-bond acceptors (Lipinski definition) is 2. The SMILES string of the molecule is Cc1cccc(CNCC2CCCO2)c1I. The van der Waals surface area contributed by atoms with Crippen LogP contribution in [-0.2, 0) is 11.3 Å². The summed E-state index contributed by atoms with van der Waals surface area (Å²) in [4.78, 5) is 0. The van der Waals surface area contributed by atoms with Gasteiger partial charge in [-0.15, -0.1) is 0 Å². The van der Waals surface area contributed by atoms with Gasteiger partial charge in [-0.05, 0) is 53.5 Å². The van der Waals surface area contributed by atoms with E-state index in [0.29, 0.717) is 6.10 Å². The highest BCUT2D eigenvalue weighted by Crippen LogP contribution is 2.16. The van der Waals surface area contributed by atoms with Gasteiger partial charge in [-0.25, -0.2) is 0 Å². The van der Waals surface area contributed by atoms with Crippen LogP contribution < -0.4 is 5.32 Å². The molecule has 0 bridgehead atoms. The van der Waals surface area contributed by atoms with Crippen LogP contribution in [0.1, 0.15) is 24.0 Å². The third-order valence-electron chi connectivity index (χ3n) is 2.98. The average molecular weight is 331 g/mol. The Morgan fingerprint density at radius 1 is 1.50 bits per heavy atom. The number of hydrogen-bond donors (Lipinski definition) is 1. The average Bonchev–Trinajstić information content (AvgIpc) is 2.77. The summed E-state index contributed by atoms with van der Waals surface area (Å²) in [6.45, 7) is 5.02. The van der Waals surface area contributed by atoms with Gasteiger partial charge in [-0.3, -0.25) is 0 Å². The van der Waals surface area contributed by atoms with Crippen LogP contribution in [-0.4, -0.2) is 19.3 Å². The van der Waals surface area contributed by atoms with Crippen LogP contribution in [0.25, 0.3) is 0 Å². The molecule has 3 heteroatoms. The van der Waals surface area contributed by atoms with Gasteiger partial charge >= 0.3 is 0 Å². The molecule has 1 unspecified atom stereocenters. The summed E-state index contributed by atoms with van der Waals surface area (Å²) in [6.07, 6.45) is 2.86. The Kier molecular flexibility index (Phi) is 4.61. The fraction of sp³-hybridized carbons (Fsp3) is 0.538. The van der Waals surface area contributed by atoms with Crippen molar-refractivity contribution in [3.8, 4) is 0 Å². The number of benzene rings is 1. The lowest BCUT2D eigenvalue weighted by atomic mass is 10.1. The molecule has 88 valence electrons. The van der Waals surface area contributed by atoms with E-state index in [1.807, 2.05) is 0 Å². The lowest BCUT2D eigenvalue weighted by Gasteiger charge is -2.12. The monoisotopic (exact) mass is 331 g/mol. The van der Waals surface area contributed by atoms with Crippen LogP contribution in [0.15, 0.2) is 18.2 Å². The maximum Gasteiger partial charge on any atom is 0.0700 e. The summed E-state index contributed by atoms with van der Waals surface area (Å²) < 4.78 is 6.96. The number of ether oxygens (including phenoxy) is 1. The lowest BCUT2D eigenvalue weighted by Crippen LogP contribution is -2.26. The van der Waals surface area contributed by atoms with Gasteiger partial charge in [0.2, 0.25) is 0 Å². The molecule has 0 spiro atoms. The molecular weight excluding hydrogens is 313 g/mol. The Labute approximate surface area is 111 Å². The van der Waals surface area contributed by atoms with E-state index in [1.165, 1.54) is 27.5 Å².